The number of primary amides is 1. The third kappa shape index (κ3) is 3.83. The van der Waals surface area contributed by atoms with Crippen LogP contribution in [0.1, 0.15) is 52.6 Å². The Morgan fingerprint density at radius 3 is 2.60 bits per heavy atom. The molecule has 154 valence electrons. The van der Waals surface area contributed by atoms with E-state index in [1.165, 1.54) is 0 Å². The van der Waals surface area contributed by atoms with Crippen molar-refractivity contribution in [3.05, 3.63) is 59.4 Å². The highest BCUT2D eigenvalue weighted by Crippen LogP contribution is 2.31. The minimum atomic E-state index is -0.481. The number of amides is 2. The molecule has 0 saturated carbocycles. The molecule has 2 aromatic heterocycles. The lowest BCUT2D eigenvalue weighted by Gasteiger charge is -2.34. The average molecular weight is 403 g/mol. The van der Waals surface area contributed by atoms with Gasteiger partial charge in [-0.2, -0.15) is 0 Å². The second-order valence-corrected chi connectivity index (χ2v) is 7.78. The molecule has 1 saturated heterocycles. The zero-order chi connectivity index (χ0) is 21.3. The molecule has 0 spiro atoms. The highest BCUT2D eigenvalue weighted by molar-refractivity contribution is 6.07. The second-order valence-electron chi connectivity index (χ2n) is 7.78. The Labute approximate surface area is 175 Å². The van der Waals surface area contributed by atoms with Gasteiger partial charge in [0.2, 0.25) is 5.91 Å². The predicted molar refractivity (Wildman–Crippen MR) is 117 cm³/mol. The minimum Gasteiger partial charge on any atom is -0.366 e. The number of hydrogen-bond donors (Lipinski definition) is 2. The molecule has 2 amide bonds. The van der Waals surface area contributed by atoms with Crippen molar-refractivity contribution in [1.82, 2.24) is 14.9 Å². The number of fused-ring (bicyclic) bond motifs is 1. The molecule has 3 heterocycles. The number of rotatable bonds is 4. The molecule has 4 rings (SSSR count). The Balaban J connectivity index is 1.79. The summed E-state index contributed by atoms with van der Waals surface area (Å²) in [5.74, 6) is -0.515. The van der Waals surface area contributed by atoms with Gasteiger partial charge in [-0.25, -0.2) is 9.97 Å². The van der Waals surface area contributed by atoms with Gasteiger partial charge in [-0.1, -0.05) is 0 Å². The normalized spacial score (nSPS) is 16.5. The van der Waals surface area contributed by atoms with Crippen molar-refractivity contribution in [2.24, 2.45) is 5.73 Å². The molecule has 0 aliphatic carbocycles. The van der Waals surface area contributed by atoms with Gasteiger partial charge >= 0.3 is 0 Å². The van der Waals surface area contributed by atoms with Gasteiger partial charge < -0.3 is 16.0 Å². The molecule has 1 fully saturated rings. The van der Waals surface area contributed by atoms with Crippen molar-refractivity contribution in [3.63, 3.8) is 0 Å². The molecule has 1 aliphatic heterocycles. The van der Waals surface area contributed by atoms with Gasteiger partial charge in [0.1, 0.15) is 0 Å². The van der Waals surface area contributed by atoms with Crippen molar-refractivity contribution < 1.29 is 9.59 Å². The molecule has 7 heteroatoms. The number of aromatic nitrogens is 2. The van der Waals surface area contributed by atoms with E-state index >= 15 is 0 Å². The molecule has 1 aromatic carbocycles. The number of nitrogens with two attached hydrogens (primary N) is 1. The van der Waals surface area contributed by atoms with E-state index in [9.17, 15) is 9.59 Å². The van der Waals surface area contributed by atoms with Gasteiger partial charge in [0.25, 0.3) is 5.91 Å². The number of nitrogens with zero attached hydrogens (tertiary/aromatic N) is 3. The molecule has 1 aliphatic rings. The predicted octanol–water partition coefficient (Wildman–Crippen LogP) is 3.80. The molecule has 30 heavy (non-hydrogen) atoms. The number of aryl methyl sites for hydroxylation is 1. The van der Waals surface area contributed by atoms with Gasteiger partial charge in [-0.15, -0.1) is 0 Å². The first kappa shape index (κ1) is 19.8. The number of hydrogen-bond acceptors (Lipinski definition) is 5. The van der Waals surface area contributed by atoms with Crippen LogP contribution in [0.3, 0.4) is 0 Å². The molecular formula is C23H25N5O2. The van der Waals surface area contributed by atoms with E-state index in [0.717, 1.165) is 42.6 Å². The van der Waals surface area contributed by atoms with Crippen molar-refractivity contribution in [3.8, 4) is 0 Å². The summed E-state index contributed by atoms with van der Waals surface area (Å²) in [6.45, 7) is 4.74. The van der Waals surface area contributed by atoms with Crippen molar-refractivity contribution >= 4 is 34.2 Å². The lowest BCUT2D eigenvalue weighted by atomic mass is 10.0. The van der Waals surface area contributed by atoms with Gasteiger partial charge in [-0.3, -0.25) is 9.59 Å². The molecule has 3 aromatic rings. The van der Waals surface area contributed by atoms with Crippen LogP contribution >= 0.6 is 0 Å². The third-order valence-electron chi connectivity index (χ3n) is 5.60. The quantitative estimate of drug-likeness (QED) is 0.690. The molecule has 3 N–H and O–H groups in total. The Hall–Kier alpha value is -3.48. The molecule has 7 nitrogen and oxygen atoms in total. The van der Waals surface area contributed by atoms with Crippen LogP contribution in [0.25, 0.3) is 11.0 Å². The fourth-order valence-electron chi connectivity index (χ4n) is 3.89. The highest BCUT2D eigenvalue weighted by Gasteiger charge is 2.27. The maximum Gasteiger partial charge on any atom is 0.257 e. The maximum atomic E-state index is 13.4. The van der Waals surface area contributed by atoms with Crippen LogP contribution in [0.5, 0.6) is 0 Å². The summed E-state index contributed by atoms with van der Waals surface area (Å²) in [7, 11) is 0. The summed E-state index contributed by atoms with van der Waals surface area (Å²) in [6.07, 6.45) is 4.76. The van der Waals surface area contributed by atoms with E-state index in [1.807, 2.05) is 24.0 Å². The smallest absolute Gasteiger partial charge is 0.257 e. The zero-order valence-corrected chi connectivity index (χ0v) is 17.2. The number of benzene rings is 1. The zero-order valence-electron chi connectivity index (χ0n) is 17.2. The fourth-order valence-corrected chi connectivity index (χ4v) is 3.89. The van der Waals surface area contributed by atoms with Crippen LogP contribution in [-0.2, 0) is 0 Å². The summed E-state index contributed by atoms with van der Waals surface area (Å²) in [5, 5.41) is 4.13. The average Bonchev–Trinajstić information content (AvgIpc) is 2.74. The van der Waals surface area contributed by atoms with E-state index < -0.39 is 5.91 Å². The lowest BCUT2D eigenvalue weighted by molar-refractivity contribution is 0.0636. The molecule has 1 unspecified atom stereocenters. The number of carbonyl (C=O) groups excluding carboxylic acids is 2. The van der Waals surface area contributed by atoms with E-state index in [-0.39, 0.29) is 11.9 Å². The van der Waals surface area contributed by atoms with Crippen LogP contribution in [0.2, 0.25) is 0 Å². The first-order chi connectivity index (χ1) is 14.4. The topological polar surface area (TPSA) is 101 Å². The van der Waals surface area contributed by atoms with E-state index in [0.29, 0.717) is 22.5 Å². The highest BCUT2D eigenvalue weighted by atomic mass is 16.2. The summed E-state index contributed by atoms with van der Waals surface area (Å²) in [6, 6.07) is 10.9. The van der Waals surface area contributed by atoms with Crippen molar-refractivity contribution in [2.75, 3.05) is 11.9 Å². The minimum absolute atomic E-state index is 0.0339. The fraction of sp³-hybridized carbons (Fsp3) is 0.304. The molecule has 0 bridgehead atoms. The summed E-state index contributed by atoms with van der Waals surface area (Å²) < 4.78 is 0. The number of pyridine rings is 2. The van der Waals surface area contributed by atoms with E-state index in [2.05, 4.69) is 22.2 Å². The molecule has 0 radical (unpaired) electrons. The number of nitrogens with one attached hydrogen (secondary N) is 1. The Morgan fingerprint density at radius 2 is 1.90 bits per heavy atom. The number of likely N-dealkylation sites (tertiary alicyclic amines) is 1. The summed E-state index contributed by atoms with van der Waals surface area (Å²) in [5.41, 5.74) is 9.13. The van der Waals surface area contributed by atoms with Crippen LogP contribution in [0, 0.1) is 6.92 Å². The van der Waals surface area contributed by atoms with Crippen LogP contribution in [0.4, 0.5) is 11.4 Å². The van der Waals surface area contributed by atoms with Gasteiger partial charge in [0.05, 0.1) is 11.3 Å². The lowest BCUT2D eigenvalue weighted by Crippen LogP contribution is -2.42. The standard InChI is InChI=1S/C23H25N5O2/c1-14-6-11-18-20(27-17-9-7-16(8-10-17)21(24)29)19(13-25-22(18)26-14)23(30)28-12-4-3-5-15(28)2/h6-11,13,15H,3-5,12H2,1-2H3,(H2,24,29)(H,25,26,27). The van der Waals surface area contributed by atoms with Gasteiger partial charge in [-0.05, 0) is 69.5 Å². The Morgan fingerprint density at radius 1 is 1.13 bits per heavy atom. The van der Waals surface area contributed by atoms with Crippen molar-refractivity contribution in [2.45, 2.75) is 39.2 Å². The molecular weight excluding hydrogens is 378 g/mol. The Bertz CT molecular complexity index is 1110. The maximum absolute atomic E-state index is 13.4. The van der Waals surface area contributed by atoms with E-state index in [1.54, 1.807) is 30.5 Å². The van der Waals surface area contributed by atoms with Crippen LogP contribution in [0.15, 0.2) is 42.6 Å². The second kappa shape index (κ2) is 8.10. The van der Waals surface area contributed by atoms with Crippen LogP contribution in [-0.4, -0.2) is 39.3 Å². The van der Waals surface area contributed by atoms with Crippen molar-refractivity contribution in [1.29, 1.82) is 0 Å². The summed E-state index contributed by atoms with van der Waals surface area (Å²) >= 11 is 0. The first-order valence-corrected chi connectivity index (χ1v) is 10.2. The van der Waals surface area contributed by atoms with E-state index in [4.69, 9.17) is 5.73 Å². The SMILES string of the molecule is Cc1ccc2c(Nc3ccc(C(N)=O)cc3)c(C(=O)N3CCCCC3C)cnc2n1. The van der Waals surface area contributed by atoms with Gasteiger partial charge in [0.15, 0.2) is 5.65 Å². The third-order valence-corrected chi connectivity index (χ3v) is 5.60. The monoisotopic (exact) mass is 403 g/mol. The van der Waals surface area contributed by atoms with Gasteiger partial charge in [0, 0.05) is 41.1 Å². The van der Waals surface area contributed by atoms with Crippen LogP contribution < -0.4 is 11.1 Å². The largest absolute Gasteiger partial charge is 0.366 e. The number of piperidine rings is 1. The number of carbonyl (C=O) groups is 2. The Kier molecular flexibility index (Phi) is 5.35. The summed E-state index contributed by atoms with van der Waals surface area (Å²) in [4.78, 5) is 35.7. The first-order valence-electron chi connectivity index (χ1n) is 10.2. The number of anilines is 2. The molecule has 1 atom stereocenters.